The number of nitrogens with one attached hydrogen (secondary N) is 5. The molecule has 27 nitrogen and oxygen atoms in total. The summed E-state index contributed by atoms with van der Waals surface area (Å²) in [6.07, 6.45) is 2.44. The second kappa shape index (κ2) is 40.3. The van der Waals surface area contributed by atoms with Gasteiger partial charge in [-0.25, -0.2) is 9.59 Å². The first kappa shape index (κ1) is 84.3. The predicted octanol–water partition coefficient (Wildman–Crippen LogP) is 2.23. The SMILES string of the molecule is CCC(NC(=O)C(NC)[C@H](O)[C@H](C)C/C=C/C(=O)OCOC)C(=O)N(C)CC(=O)N(C)[C@@H](CC(C)C)C(=O)N[C@H](C(=O)N(C)[C@@H](CC(C)C)C(=O)N[C@H](C)C(=O)N[C@H](C)C(=O)N(C)[C@@H](CC(C)C)C(=O)N(C)[C@@H](CC(C)C)C(=O)N(C)[C@H](C(=O)O)C(C)C)C(C)C. The molecule has 0 spiro atoms. The fourth-order valence-corrected chi connectivity index (χ4v) is 10.4. The third kappa shape index (κ3) is 26.8. The Labute approximate surface area is 541 Å². The molecule has 2 unspecified atom stereocenters. The number of ether oxygens (including phenoxy) is 2. The summed E-state index contributed by atoms with van der Waals surface area (Å²) in [4.78, 5) is 172. The lowest BCUT2D eigenvalue weighted by Gasteiger charge is -2.39. The Morgan fingerprint density at radius 3 is 1.37 bits per heavy atom. The minimum Gasteiger partial charge on any atom is -0.480 e. The van der Waals surface area contributed by atoms with Crippen LogP contribution in [0.5, 0.6) is 0 Å². The number of amides is 10. The molecule has 10 amide bonds. The van der Waals surface area contributed by atoms with Gasteiger partial charge in [-0.3, -0.25) is 47.9 Å². The van der Waals surface area contributed by atoms with E-state index in [1.54, 1.807) is 41.5 Å². The quantitative estimate of drug-likeness (QED) is 0.0263. The molecule has 91 heavy (non-hydrogen) atoms. The fourth-order valence-electron chi connectivity index (χ4n) is 10.4. The van der Waals surface area contributed by atoms with Gasteiger partial charge in [-0.2, -0.15) is 0 Å². The van der Waals surface area contributed by atoms with Gasteiger partial charge in [0.1, 0.15) is 60.4 Å². The number of esters is 1. The van der Waals surface area contributed by atoms with Crippen molar-refractivity contribution in [2.24, 2.45) is 41.4 Å². The van der Waals surface area contributed by atoms with Crippen molar-refractivity contribution in [3.63, 3.8) is 0 Å². The molecule has 0 aliphatic carbocycles. The van der Waals surface area contributed by atoms with Crippen molar-refractivity contribution in [3.05, 3.63) is 12.2 Å². The maximum absolute atomic E-state index is 14.6. The van der Waals surface area contributed by atoms with E-state index in [1.807, 2.05) is 55.4 Å². The normalized spacial score (nSPS) is 15.7. The molecule has 0 aromatic rings. The molecule has 0 bridgehead atoms. The first-order chi connectivity index (χ1) is 42.1. The van der Waals surface area contributed by atoms with Gasteiger partial charge in [0.15, 0.2) is 6.79 Å². The zero-order valence-corrected chi connectivity index (χ0v) is 59.0. The predicted molar refractivity (Wildman–Crippen MR) is 345 cm³/mol. The molecule has 0 saturated heterocycles. The minimum atomic E-state index is -1.25. The van der Waals surface area contributed by atoms with Crippen molar-refractivity contribution in [2.75, 3.05) is 69.8 Å². The Hall–Kier alpha value is -6.74. The summed E-state index contributed by atoms with van der Waals surface area (Å²) in [6.45, 7) is 27.1. The molecule has 0 fully saturated rings. The Morgan fingerprint density at radius 1 is 0.495 bits per heavy atom. The lowest BCUT2D eigenvalue weighted by molar-refractivity contribution is -0.157. The van der Waals surface area contributed by atoms with Crippen LogP contribution in [0.2, 0.25) is 0 Å². The van der Waals surface area contributed by atoms with Gasteiger partial charge in [-0.15, -0.1) is 0 Å². The summed E-state index contributed by atoms with van der Waals surface area (Å²) in [5.41, 5.74) is 0. The number of hydrogen-bond donors (Lipinski definition) is 7. The molecule has 7 N–H and O–H groups in total. The van der Waals surface area contributed by atoms with E-state index in [2.05, 4.69) is 26.6 Å². The molecular weight excluding hydrogens is 1180 g/mol. The molecule has 12 atom stereocenters. The van der Waals surface area contributed by atoms with Crippen LogP contribution in [0.4, 0.5) is 0 Å². The van der Waals surface area contributed by atoms with Crippen molar-refractivity contribution in [3.8, 4) is 0 Å². The van der Waals surface area contributed by atoms with Crippen LogP contribution in [0.25, 0.3) is 0 Å². The molecular formula is C64H115N11O16. The lowest BCUT2D eigenvalue weighted by Crippen LogP contribution is -2.61. The number of allylic oxidation sites excluding steroid dienone is 1. The highest BCUT2D eigenvalue weighted by molar-refractivity contribution is 5.98. The number of aliphatic hydroxyl groups is 1. The topological polar surface area (TPSA) is 343 Å². The molecule has 27 heteroatoms. The summed E-state index contributed by atoms with van der Waals surface area (Å²) >= 11 is 0. The highest BCUT2D eigenvalue weighted by Gasteiger charge is 2.42. The van der Waals surface area contributed by atoms with E-state index < -0.39 is 162 Å². The van der Waals surface area contributed by atoms with E-state index in [0.717, 1.165) is 9.80 Å². The monoisotopic (exact) mass is 1290 g/mol. The third-order valence-electron chi connectivity index (χ3n) is 16.0. The van der Waals surface area contributed by atoms with E-state index in [9.17, 15) is 67.7 Å². The molecule has 522 valence electrons. The molecule has 0 aromatic heterocycles. The Balaban J connectivity index is 6.46. The number of likely N-dealkylation sites (N-methyl/N-ethyl adjacent to an activating group) is 7. The van der Waals surface area contributed by atoms with E-state index in [0.29, 0.717) is 0 Å². The Kier molecular flexibility index (Phi) is 37.3. The van der Waals surface area contributed by atoms with E-state index in [1.165, 1.54) is 102 Å². The maximum atomic E-state index is 14.6. The first-order valence-electron chi connectivity index (χ1n) is 31.8. The lowest BCUT2D eigenvalue weighted by atomic mass is 9.93. The summed E-state index contributed by atoms with van der Waals surface area (Å²) in [7, 11) is 11.3. The number of aliphatic hydroxyl groups excluding tert-OH is 1. The van der Waals surface area contributed by atoms with Gasteiger partial charge in [0.05, 0.1) is 12.6 Å². The number of nitrogens with zero attached hydrogens (tertiary/aromatic N) is 6. The molecule has 0 aliphatic heterocycles. The van der Waals surface area contributed by atoms with Gasteiger partial charge in [0, 0.05) is 55.5 Å². The highest BCUT2D eigenvalue weighted by Crippen LogP contribution is 2.23. The molecule has 0 heterocycles. The summed E-state index contributed by atoms with van der Waals surface area (Å²) < 4.78 is 9.52. The van der Waals surface area contributed by atoms with E-state index >= 15 is 0 Å². The summed E-state index contributed by atoms with van der Waals surface area (Å²) in [5.74, 6) is -10.3. The fraction of sp³-hybridized carbons (Fsp3) is 0.781. The van der Waals surface area contributed by atoms with Crippen LogP contribution in [-0.2, 0) is 67.0 Å². The van der Waals surface area contributed by atoms with Gasteiger partial charge in [-0.1, -0.05) is 103 Å². The van der Waals surface area contributed by atoms with Gasteiger partial charge < -0.3 is 75.7 Å². The first-order valence-corrected chi connectivity index (χ1v) is 31.8. The van der Waals surface area contributed by atoms with Crippen LogP contribution in [0.1, 0.15) is 149 Å². The molecule has 0 radical (unpaired) electrons. The van der Waals surface area contributed by atoms with Crippen LogP contribution in [0, 0.1) is 41.4 Å². The van der Waals surface area contributed by atoms with E-state index in [4.69, 9.17) is 9.47 Å². The van der Waals surface area contributed by atoms with Crippen molar-refractivity contribution < 1.29 is 77.2 Å². The van der Waals surface area contributed by atoms with Crippen LogP contribution in [0.3, 0.4) is 0 Å². The van der Waals surface area contributed by atoms with Crippen molar-refractivity contribution in [1.29, 1.82) is 0 Å². The van der Waals surface area contributed by atoms with Crippen molar-refractivity contribution in [1.82, 2.24) is 56.0 Å². The number of carbonyl (C=O) groups excluding carboxylic acids is 11. The summed E-state index contributed by atoms with van der Waals surface area (Å²) in [6, 6.07) is -11.6. The highest BCUT2D eigenvalue weighted by atomic mass is 16.7. The van der Waals surface area contributed by atoms with Crippen LogP contribution >= 0.6 is 0 Å². The second-order valence-corrected chi connectivity index (χ2v) is 26.5. The number of methoxy groups -OCH3 is 1. The number of hydrogen-bond acceptors (Lipinski definition) is 16. The standard InChI is InChI=1S/C64H115N11O16/c1-25-44(68-58(82)52(65-17)54(78)41(14)27-26-28-50(77)91-34-90-24)60(84)70(18)33-49(76)71(19)45(29-35(2)3)57(81)69-51(39(10)11)63(87)72(20)46(30-36(4)5)56(80)66-42(15)55(79)67-43(16)59(83)73(21)47(31-37(6)7)61(85)74(22)48(32-38(8)9)62(86)75(23)53(40(12)13)64(88)89/h26,28,35-48,51-54,65,78H,25,27,29-34H2,1-24H3,(H,66,80)(H,67,79)(H,68,82)(H,69,81)(H,88,89)/b28-26+/t41-,42-,43-,44?,45+,46+,47+,48+,51+,52?,53+,54-/m1/s1. The Morgan fingerprint density at radius 2 is 0.934 bits per heavy atom. The van der Waals surface area contributed by atoms with Gasteiger partial charge in [0.25, 0.3) is 0 Å². The smallest absolute Gasteiger partial charge is 0.332 e. The zero-order valence-electron chi connectivity index (χ0n) is 59.0. The van der Waals surface area contributed by atoms with Gasteiger partial charge in [-0.05, 0) is 101 Å². The van der Waals surface area contributed by atoms with Gasteiger partial charge in [0.2, 0.25) is 59.1 Å². The number of carbonyl (C=O) groups is 12. The number of carboxylic acid groups (broad SMARTS) is 1. The number of rotatable bonds is 40. The summed E-state index contributed by atoms with van der Waals surface area (Å²) in [5, 5.41) is 34.7. The van der Waals surface area contributed by atoms with Crippen LogP contribution in [0.15, 0.2) is 12.2 Å². The largest absolute Gasteiger partial charge is 0.480 e. The van der Waals surface area contributed by atoms with Gasteiger partial charge >= 0.3 is 11.9 Å². The van der Waals surface area contributed by atoms with Crippen molar-refractivity contribution in [2.45, 2.75) is 216 Å². The second-order valence-electron chi connectivity index (χ2n) is 26.5. The molecule has 0 aromatic carbocycles. The Bertz CT molecular complexity index is 2460. The molecule has 0 saturated carbocycles. The zero-order chi connectivity index (χ0) is 70.8. The average Bonchev–Trinajstić information content (AvgIpc) is 0.898. The minimum absolute atomic E-state index is 0.0801. The maximum Gasteiger partial charge on any atom is 0.332 e. The van der Waals surface area contributed by atoms with E-state index in [-0.39, 0.29) is 69.0 Å². The number of carboxylic acids is 1. The molecule has 0 rings (SSSR count). The average molecular weight is 1290 g/mol. The molecule has 0 aliphatic rings. The number of aliphatic carboxylic acids is 1. The van der Waals surface area contributed by atoms with Crippen LogP contribution in [-0.4, -0.2) is 247 Å². The third-order valence-corrected chi connectivity index (χ3v) is 16.0. The van der Waals surface area contributed by atoms with Crippen molar-refractivity contribution >= 4 is 71.0 Å². The van der Waals surface area contributed by atoms with Crippen LogP contribution < -0.4 is 26.6 Å².